The number of benzene rings is 2. The molecule has 3 aromatic rings. The lowest BCUT2D eigenvalue weighted by atomic mass is 10.0. The zero-order chi connectivity index (χ0) is 14.3. The summed E-state index contributed by atoms with van der Waals surface area (Å²) in [4.78, 5) is 13.7. The van der Waals surface area contributed by atoms with Gasteiger partial charge in [-0.1, -0.05) is 29.8 Å². The monoisotopic (exact) mass is 371 g/mol. The SMILES string of the molecule is O=c1[nH]c2ccc(C(Cl)c3cccc(Br)c3Cl)cc2o1. The zero-order valence-corrected chi connectivity index (χ0v) is 13.1. The molecule has 0 saturated heterocycles. The third-order valence-corrected chi connectivity index (χ3v) is 4.79. The third-order valence-electron chi connectivity index (χ3n) is 2.99. The predicted octanol–water partition coefficient (Wildman–Crippen LogP) is 4.87. The van der Waals surface area contributed by atoms with Crippen molar-refractivity contribution in [2.75, 3.05) is 0 Å². The van der Waals surface area contributed by atoms with Gasteiger partial charge in [-0.15, -0.1) is 11.6 Å². The van der Waals surface area contributed by atoms with E-state index in [0.29, 0.717) is 16.1 Å². The molecule has 6 heteroatoms. The van der Waals surface area contributed by atoms with Crippen LogP contribution in [0.5, 0.6) is 0 Å². The van der Waals surface area contributed by atoms with Crippen LogP contribution >= 0.6 is 39.1 Å². The van der Waals surface area contributed by atoms with Crippen LogP contribution in [0.15, 0.2) is 50.1 Å². The van der Waals surface area contributed by atoms with Crippen LogP contribution in [0.4, 0.5) is 0 Å². The van der Waals surface area contributed by atoms with E-state index >= 15 is 0 Å². The van der Waals surface area contributed by atoms with Gasteiger partial charge in [-0.2, -0.15) is 0 Å². The number of aromatic amines is 1. The molecule has 0 fully saturated rings. The summed E-state index contributed by atoms with van der Waals surface area (Å²) in [6, 6.07) is 10.9. The number of halogens is 3. The zero-order valence-electron chi connectivity index (χ0n) is 9.99. The van der Waals surface area contributed by atoms with Crippen LogP contribution < -0.4 is 5.76 Å². The maximum atomic E-state index is 11.2. The van der Waals surface area contributed by atoms with Gasteiger partial charge in [0, 0.05) is 4.47 Å². The maximum absolute atomic E-state index is 11.2. The average molecular weight is 373 g/mol. The molecule has 1 atom stereocenters. The van der Waals surface area contributed by atoms with Crippen molar-refractivity contribution in [3.05, 3.63) is 67.6 Å². The first-order valence-corrected chi connectivity index (χ1v) is 7.38. The van der Waals surface area contributed by atoms with Gasteiger partial charge in [-0.3, -0.25) is 4.98 Å². The van der Waals surface area contributed by atoms with Crippen molar-refractivity contribution in [2.45, 2.75) is 5.38 Å². The highest BCUT2D eigenvalue weighted by Gasteiger charge is 2.17. The second kappa shape index (κ2) is 5.28. The molecule has 1 unspecified atom stereocenters. The summed E-state index contributed by atoms with van der Waals surface area (Å²) in [6.45, 7) is 0. The Morgan fingerprint density at radius 1 is 1.25 bits per heavy atom. The number of H-pyrrole nitrogens is 1. The van der Waals surface area contributed by atoms with Gasteiger partial charge >= 0.3 is 5.76 Å². The van der Waals surface area contributed by atoms with Crippen LogP contribution in [0.3, 0.4) is 0 Å². The smallest absolute Gasteiger partial charge is 0.408 e. The van der Waals surface area contributed by atoms with Crippen molar-refractivity contribution in [1.29, 1.82) is 0 Å². The van der Waals surface area contributed by atoms with Crippen LogP contribution in [-0.4, -0.2) is 4.98 Å². The topological polar surface area (TPSA) is 46.0 Å². The number of fused-ring (bicyclic) bond motifs is 1. The second-order valence-corrected chi connectivity index (χ2v) is 5.94. The predicted molar refractivity (Wildman–Crippen MR) is 83.7 cm³/mol. The van der Waals surface area contributed by atoms with Gasteiger partial charge in [0.1, 0.15) is 0 Å². The van der Waals surface area contributed by atoms with Crippen LogP contribution in [0.2, 0.25) is 5.02 Å². The molecule has 0 aliphatic heterocycles. The van der Waals surface area contributed by atoms with Crippen molar-refractivity contribution in [2.24, 2.45) is 0 Å². The Labute approximate surface area is 132 Å². The van der Waals surface area contributed by atoms with E-state index in [-0.39, 0.29) is 0 Å². The number of nitrogens with one attached hydrogen (secondary N) is 1. The average Bonchev–Trinajstić information content (AvgIpc) is 2.80. The highest BCUT2D eigenvalue weighted by atomic mass is 79.9. The molecule has 2 aromatic carbocycles. The maximum Gasteiger partial charge on any atom is 0.417 e. The third kappa shape index (κ3) is 2.39. The Bertz CT molecular complexity index is 841. The van der Waals surface area contributed by atoms with Gasteiger partial charge in [-0.05, 0) is 45.3 Å². The first-order chi connectivity index (χ1) is 9.56. The summed E-state index contributed by atoms with van der Waals surface area (Å²) in [5.41, 5.74) is 2.72. The quantitative estimate of drug-likeness (QED) is 0.652. The Morgan fingerprint density at radius 3 is 2.85 bits per heavy atom. The number of oxazole rings is 1. The minimum absolute atomic E-state index is 0.426. The summed E-state index contributed by atoms with van der Waals surface area (Å²) in [7, 11) is 0. The van der Waals surface area contributed by atoms with E-state index in [0.717, 1.165) is 15.6 Å². The van der Waals surface area contributed by atoms with Crippen LogP contribution in [0.25, 0.3) is 11.1 Å². The minimum atomic E-state index is -0.483. The van der Waals surface area contributed by atoms with Crippen molar-refractivity contribution in [3.63, 3.8) is 0 Å². The van der Waals surface area contributed by atoms with E-state index in [4.69, 9.17) is 27.6 Å². The van der Waals surface area contributed by atoms with Gasteiger partial charge < -0.3 is 4.42 Å². The lowest BCUT2D eigenvalue weighted by Gasteiger charge is -2.12. The Morgan fingerprint density at radius 2 is 2.05 bits per heavy atom. The van der Waals surface area contributed by atoms with Crippen molar-refractivity contribution < 1.29 is 4.42 Å². The summed E-state index contributed by atoms with van der Waals surface area (Å²) in [6.07, 6.45) is 0. The summed E-state index contributed by atoms with van der Waals surface area (Å²) in [5.74, 6) is -0.483. The fourth-order valence-corrected chi connectivity index (χ4v) is 3.01. The van der Waals surface area contributed by atoms with E-state index in [1.54, 1.807) is 12.1 Å². The largest absolute Gasteiger partial charge is 0.417 e. The van der Waals surface area contributed by atoms with E-state index in [1.807, 2.05) is 24.3 Å². The molecule has 3 nitrogen and oxygen atoms in total. The molecule has 0 bridgehead atoms. The molecule has 3 rings (SSSR count). The first-order valence-electron chi connectivity index (χ1n) is 5.77. The van der Waals surface area contributed by atoms with E-state index < -0.39 is 11.1 Å². The first kappa shape index (κ1) is 13.7. The summed E-state index contributed by atoms with van der Waals surface area (Å²) >= 11 is 16.1. The molecule has 102 valence electrons. The number of aromatic nitrogens is 1. The highest BCUT2D eigenvalue weighted by molar-refractivity contribution is 9.10. The van der Waals surface area contributed by atoms with Crippen LogP contribution in [-0.2, 0) is 0 Å². The number of hydrogen-bond donors (Lipinski definition) is 1. The van der Waals surface area contributed by atoms with Crippen molar-refractivity contribution in [3.8, 4) is 0 Å². The van der Waals surface area contributed by atoms with Crippen molar-refractivity contribution in [1.82, 2.24) is 4.98 Å². The molecule has 1 aromatic heterocycles. The van der Waals surface area contributed by atoms with E-state index in [1.165, 1.54) is 0 Å². The molecular formula is C14H8BrCl2NO2. The number of rotatable bonds is 2. The normalized spacial score (nSPS) is 12.8. The second-order valence-electron chi connectivity index (χ2n) is 4.28. The molecule has 1 N–H and O–H groups in total. The fraction of sp³-hybridized carbons (Fsp3) is 0.0714. The number of alkyl halides is 1. The van der Waals surface area contributed by atoms with Crippen LogP contribution in [0, 0.1) is 0 Å². The Hall–Kier alpha value is -1.23. The lowest BCUT2D eigenvalue weighted by molar-refractivity contribution is 0.555. The van der Waals surface area contributed by atoms with Crippen LogP contribution in [0.1, 0.15) is 16.5 Å². The molecule has 20 heavy (non-hydrogen) atoms. The Kier molecular flexibility index (Phi) is 3.63. The molecule has 0 radical (unpaired) electrons. The molecule has 0 amide bonds. The van der Waals surface area contributed by atoms with Crippen molar-refractivity contribution >= 4 is 50.2 Å². The number of hydrogen-bond acceptors (Lipinski definition) is 2. The molecule has 0 aliphatic carbocycles. The molecule has 1 heterocycles. The molecule has 0 saturated carbocycles. The standard InChI is InChI=1S/C14H8BrCl2NO2/c15-9-3-1-2-8(13(9)17)12(16)7-4-5-10-11(6-7)20-14(19)18-10/h1-6,12H,(H,18,19). The molecular weight excluding hydrogens is 365 g/mol. The van der Waals surface area contributed by atoms with Gasteiger partial charge in [0.25, 0.3) is 0 Å². The lowest BCUT2D eigenvalue weighted by Crippen LogP contribution is -1.94. The molecule has 0 spiro atoms. The fourth-order valence-electron chi connectivity index (χ4n) is 2.02. The molecule has 0 aliphatic rings. The van der Waals surface area contributed by atoms with Gasteiger partial charge in [-0.25, -0.2) is 4.79 Å². The van der Waals surface area contributed by atoms with Gasteiger partial charge in [0.05, 0.1) is 15.9 Å². The highest BCUT2D eigenvalue weighted by Crippen LogP contribution is 2.37. The van der Waals surface area contributed by atoms with E-state index in [9.17, 15) is 4.79 Å². The minimum Gasteiger partial charge on any atom is -0.408 e. The van der Waals surface area contributed by atoms with E-state index in [2.05, 4.69) is 20.9 Å². The summed E-state index contributed by atoms with van der Waals surface area (Å²) < 4.78 is 5.83. The van der Waals surface area contributed by atoms with Gasteiger partial charge in [0.2, 0.25) is 0 Å². The van der Waals surface area contributed by atoms with Gasteiger partial charge in [0.15, 0.2) is 5.58 Å². The summed E-state index contributed by atoms with van der Waals surface area (Å²) in [5, 5.41) is 0.146. The Balaban J connectivity index is 2.09.